The van der Waals surface area contributed by atoms with Crippen LogP contribution in [0.1, 0.15) is 42.1 Å². The Hall–Kier alpha value is -1.35. The highest BCUT2D eigenvalue weighted by Crippen LogP contribution is 2.31. The molecule has 1 aromatic rings. The van der Waals surface area contributed by atoms with E-state index in [1.807, 2.05) is 27.8 Å². The number of rotatable bonds is 5. The van der Waals surface area contributed by atoms with Crippen molar-refractivity contribution in [1.82, 2.24) is 5.32 Å². The number of hydrogen-bond donors (Lipinski definition) is 2. The lowest BCUT2D eigenvalue weighted by atomic mass is 9.82. The summed E-state index contributed by atoms with van der Waals surface area (Å²) in [6.07, 6.45) is 0. The molecule has 0 aliphatic rings. The first-order valence-corrected chi connectivity index (χ1v) is 6.77. The van der Waals surface area contributed by atoms with Gasteiger partial charge in [-0.15, -0.1) is 0 Å². The van der Waals surface area contributed by atoms with E-state index in [1.165, 1.54) is 11.1 Å². The van der Waals surface area contributed by atoms with Crippen LogP contribution in [0.25, 0.3) is 0 Å². The average molecular weight is 263 g/mol. The van der Waals surface area contributed by atoms with Crippen LogP contribution in [0.5, 0.6) is 0 Å². The monoisotopic (exact) mass is 263 g/mol. The van der Waals surface area contributed by atoms with Gasteiger partial charge in [-0.1, -0.05) is 26.0 Å². The molecule has 0 aliphatic carbocycles. The maximum atomic E-state index is 11.5. The maximum absolute atomic E-state index is 11.5. The van der Waals surface area contributed by atoms with Gasteiger partial charge in [0.2, 0.25) is 0 Å². The molecule has 19 heavy (non-hydrogen) atoms. The van der Waals surface area contributed by atoms with Crippen molar-refractivity contribution in [3.8, 4) is 0 Å². The number of carboxylic acids is 1. The second-order valence-electron chi connectivity index (χ2n) is 5.67. The van der Waals surface area contributed by atoms with Crippen molar-refractivity contribution >= 4 is 5.97 Å². The Bertz CT molecular complexity index is 466. The zero-order valence-electron chi connectivity index (χ0n) is 12.7. The van der Waals surface area contributed by atoms with E-state index >= 15 is 0 Å². The zero-order chi connectivity index (χ0) is 14.7. The lowest BCUT2D eigenvalue weighted by Crippen LogP contribution is -2.34. The van der Waals surface area contributed by atoms with Gasteiger partial charge < -0.3 is 10.4 Å². The highest BCUT2D eigenvalue weighted by Gasteiger charge is 2.32. The molecule has 2 N–H and O–H groups in total. The summed E-state index contributed by atoms with van der Waals surface area (Å²) in [5, 5.41) is 12.7. The van der Waals surface area contributed by atoms with Crippen LogP contribution in [0.2, 0.25) is 0 Å². The third-order valence-corrected chi connectivity index (χ3v) is 3.89. The Balaban J connectivity index is 3.30. The van der Waals surface area contributed by atoms with Crippen molar-refractivity contribution in [3.05, 3.63) is 34.4 Å². The van der Waals surface area contributed by atoms with Gasteiger partial charge in [-0.2, -0.15) is 0 Å². The molecule has 0 fully saturated rings. The minimum Gasteiger partial charge on any atom is -0.481 e. The van der Waals surface area contributed by atoms with E-state index < -0.39 is 11.9 Å². The molecule has 0 spiro atoms. The SMILES string of the molecule is CNC(c1cc(C)c(C)cc1C)C(C(=O)O)C(C)C. The number of carboxylic acid groups (broad SMARTS) is 1. The van der Waals surface area contributed by atoms with E-state index in [0.29, 0.717) is 0 Å². The van der Waals surface area contributed by atoms with Gasteiger partial charge >= 0.3 is 5.97 Å². The molecule has 2 atom stereocenters. The smallest absolute Gasteiger partial charge is 0.308 e. The van der Waals surface area contributed by atoms with Crippen LogP contribution >= 0.6 is 0 Å². The fourth-order valence-corrected chi connectivity index (χ4v) is 2.66. The predicted octanol–water partition coefficient (Wildman–Crippen LogP) is 3.23. The number of benzene rings is 1. The minimum atomic E-state index is -0.744. The van der Waals surface area contributed by atoms with Gasteiger partial charge in [0.05, 0.1) is 5.92 Å². The molecule has 1 rings (SSSR count). The quantitative estimate of drug-likeness (QED) is 0.857. The number of nitrogens with one attached hydrogen (secondary N) is 1. The normalized spacial score (nSPS) is 14.5. The maximum Gasteiger partial charge on any atom is 0.308 e. The highest BCUT2D eigenvalue weighted by molar-refractivity contribution is 5.71. The van der Waals surface area contributed by atoms with Gasteiger partial charge in [0, 0.05) is 6.04 Å². The van der Waals surface area contributed by atoms with Crippen molar-refractivity contribution in [2.75, 3.05) is 7.05 Å². The standard InChI is InChI=1S/C16H25NO2/c1-9(2)14(16(18)19)15(17-6)13-8-11(4)10(3)7-12(13)5/h7-9,14-15,17H,1-6H3,(H,18,19). The summed E-state index contributed by atoms with van der Waals surface area (Å²) in [5.74, 6) is -1.09. The highest BCUT2D eigenvalue weighted by atomic mass is 16.4. The second kappa shape index (κ2) is 6.20. The number of carbonyl (C=O) groups is 1. The van der Waals surface area contributed by atoms with Gasteiger partial charge in [-0.05, 0) is 56.0 Å². The van der Waals surface area contributed by atoms with Gasteiger partial charge in [0.1, 0.15) is 0 Å². The van der Waals surface area contributed by atoms with E-state index in [1.54, 1.807) is 0 Å². The van der Waals surface area contributed by atoms with Crippen LogP contribution < -0.4 is 5.32 Å². The average Bonchev–Trinajstić information content (AvgIpc) is 2.29. The van der Waals surface area contributed by atoms with Crippen molar-refractivity contribution < 1.29 is 9.90 Å². The van der Waals surface area contributed by atoms with Crippen LogP contribution in [-0.4, -0.2) is 18.1 Å². The lowest BCUT2D eigenvalue weighted by Gasteiger charge is -2.28. The molecular weight excluding hydrogens is 238 g/mol. The zero-order valence-corrected chi connectivity index (χ0v) is 12.7. The molecule has 0 bridgehead atoms. The van der Waals surface area contributed by atoms with Gasteiger partial charge in [0.25, 0.3) is 0 Å². The van der Waals surface area contributed by atoms with Crippen LogP contribution in [0.4, 0.5) is 0 Å². The van der Waals surface area contributed by atoms with Crippen molar-refractivity contribution in [2.24, 2.45) is 11.8 Å². The summed E-state index contributed by atoms with van der Waals surface area (Å²) in [7, 11) is 1.83. The summed E-state index contributed by atoms with van der Waals surface area (Å²) in [6.45, 7) is 10.1. The molecule has 0 saturated carbocycles. The molecule has 3 heteroatoms. The molecule has 106 valence electrons. The Morgan fingerprint density at radius 2 is 1.63 bits per heavy atom. The van der Waals surface area contributed by atoms with E-state index in [0.717, 1.165) is 11.1 Å². The molecular formula is C16H25NO2. The molecule has 0 amide bonds. The van der Waals surface area contributed by atoms with Gasteiger partial charge in [0.15, 0.2) is 0 Å². The summed E-state index contributed by atoms with van der Waals surface area (Å²) in [6, 6.07) is 4.09. The third kappa shape index (κ3) is 3.35. The fourth-order valence-electron chi connectivity index (χ4n) is 2.66. The Kier molecular flexibility index (Phi) is 5.12. The largest absolute Gasteiger partial charge is 0.481 e. The van der Waals surface area contributed by atoms with Crippen molar-refractivity contribution in [1.29, 1.82) is 0 Å². The number of aryl methyl sites for hydroxylation is 3. The molecule has 0 radical (unpaired) electrons. The second-order valence-corrected chi connectivity index (χ2v) is 5.67. The first-order valence-electron chi connectivity index (χ1n) is 6.77. The fraction of sp³-hybridized carbons (Fsp3) is 0.562. The summed E-state index contributed by atoms with van der Waals surface area (Å²) < 4.78 is 0. The predicted molar refractivity (Wildman–Crippen MR) is 78.4 cm³/mol. The lowest BCUT2D eigenvalue weighted by molar-refractivity contribution is -0.144. The van der Waals surface area contributed by atoms with E-state index in [4.69, 9.17) is 0 Å². The molecule has 0 aromatic heterocycles. The van der Waals surface area contributed by atoms with Crippen LogP contribution in [-0.2, 0) is 4.79 Å². The van der Waals surface area contributed by atoms with Crippen LogP contribution in [0, 0.1) is 32.6 Å². The first kappa shape index (κ1) is 15.7. The van der Waals surface area contributed by atoms with Crippen molar-refractivity contribution in [2.45, 2.75) is 40.7 Å². The Labute approximate surface area is 116 Å². The summed E-state index contributed by atoms with van der Waals surface area (Å²) >= 11 is 0. The van der Waals surface area contributed by atoms with E-state index in [-0.39, 0.29) is 12.0 Å². The van der Waals surface area contributed by atoms with E-state index in [9.17, 15) is 9.90 Å². The van der Waals surface area contributed by atoms with Crippen molar-refractivity contribution in [3.63, 3.8) is 0 Å². The Morgan fingerprint density at radius 1 is 1.11 bits per heavy atom. The topological polar surface area (TPSA) is 49.3 Å². The third-order valence-electron chi connectivity index (χ3n) is 3.89. The Morgan fingerprint density at radius 3 is 2.05 bits per heavy atom. The molecule has 0 saturated heterocycles. The van der Waals surface area contributed by atoms with Crippen LogP contribution in [0.3, 0.4) is 0 Å². The van der Waals surface area contributed by atoms with E-state index in [2.05, 4.69) is 31.3 Å². The van der Waals surface area contributed by atoms with Gasteiger partial charge in [-0.3, -0.25) is 4.79 Å². The first-order chi connectivity index (χ1) is 8.79. The molecule has 0 aliphatic heterocycles. The minimum absolute atomic E-state index is 0.0796. The summed E-state index contributed by atoms with van der Waals surface area (Å²) in [4.78, 5) is 11.5. The molecule has 2 unspecified atom stereocenters. The number of hydrogen-bond acceptors (Lipinski definition) is 2. The number of aliphatic carboxylic acids is 1. The molecule has 3 nitrogen and oxygen atoms in total. The molecule has 1 aromatic carbocycles. The van der Waals surface area contributed by atoms with Gasteiger partial charge in [-0.25, -0.2) is 0 Å². The molecule has 0 heterocycles. The van der Waals surface area contributed by atoms with Crippen LogP contribution in [0.15, 0.2) is 12.1 Å². The summed E-state index contributed by atoms with van der Waals surface area (Å²) in [5.41, 5.74) is 4.68.